The molecule has 5 rings (SSSR count). The summed E-state index contributed by atoms with van der Waals surface area (Å²) in [5.41, 5.74) is 0. The largest absolute Gasteiger partial charge is 0.482 e. The summed E-state index contributed by atoms with van der Waals surface area (Å²) in [4.78, 5) is 28.0. The minimum Gasteiger partial charge on any atom is -0.482 e. The zero-order chi connectivity index (χ0) is 33.6. The summed E-state index contributed by atoms with van der Waals surface area (Å²) >= 11 is 12.4. The average Bonchev–Trinajstić information content (AvgIpc) is 3.35. The molecule has 0 bridgehead atoms. The summed E-state index contributed by atoms with van der Waals surface area (Å²) in [5, 5.41) is 0.296. The molecule has 0 aliphatic carbocycles. The number of carbonyl (C=O) groups excluding carboxylic acids is 2. The van der Waals surface area contributed by atoms with Gasteiger partial charge in [0.1, 0.15) is 21.3 Å². The van der Waals surface area contributed by atoms with Gasteiger partial charge in [0, 0.05) is 62.4 Å². The third-order valence-electron chi connectivity index (χ3n) is 7.89. The number of rotatable bonds is 10. The van der Waals surface area contributed by atoms with Crippen molar-refractivity contribution in [2.45, 2.75) is 16.2 Å². The van der Waals surface area contributed by atoms with E-state index in [-0.39, 0.29) is 89.0 Å². The Morgan fingerprint density at radius 2 is 1.00 bits per heavy atom. The maximum atomic E-state index is 13.9. The Kier molecular flexibility index (Phi) is 11.9. The molecule has 14 nitrogen and oxygen atoms in total. The number of carbonyl (C=O) groups is 2. The summed E-state index contributed by atoms with van der Waals surface area (Å²) < 4.78 is 79.8. The van der Waals surface area contributed by atoms with Crippen LogP contribution in [0.1, 0.15) is 6.42 Å². The van der Waals surface area contributed by atoms with Crippen LogP contribution in [0.4, 0.5) is 0 Å². The Morgan fingerprint density at radius 3 is 1.38 bits per heavy atom. The van der Waals surface area contributed by atoms with Crippen molar-refractivity contribution in [2.75, 3.05) is 92.0 Å². The standard InChI is InChI=1S/C29H36Cl2N4O10S2/c30-22-2-4-24(44-20-28(36)32-10-14-42-15-11-32)26(18-22)46(38,39)34-6-1-7-35(9-8-34)47(40,41)27-19-23(31)3-5-25(27)45-21-29(37)33-12-16-43-17-13-33/h2-5,18-19H,1,6-17,20-21H2. The molecule has 2 aromatic carbocycles. The summed E-state index contributed by atoms with van der Waals surface area (Å²) in [7, 11) is -8.46. The number of benzene rings is 2. The normalized spacial score (nSPS) is 18.9. The van der Waals surface area contributed by atoms with E-state index in [1.54, 1.807) is 9.80 Å². The van der Waals surface area contributed by atoms with Gasteiger partial charge in [0.25, 0.3) is 11.8 Å². The molecule has 2 aromatic rings. The van der Waals surface area contributed by atoms with Crippen LogP contribution in [0, 0.1) is 0 Å². The highest BCUT2D eigenvalue weighted by atomic mass is 35.5. The topological polar surface area (TPSA) is 152 Å². The highest BCUT2D eigenvalue weighted by Gasteiger charge is 2.35. The summed E-state index contributed by atoms with van der Waals surface area (Å²) in [6, 6.07) is 8.20. The number of hydrogen-bond acceptors (Lipinski definition) is 10. The number of ether oxygens (including phenoxy) is 4. The molecule has 0 unspecified atom stereocenters. The molecule has 47 heavy (non-hydrogen) atoms. The van der Waals surface area contributed by atoms with Crippen LogP contribution in [-0.2, 0) is 39.1 Å². The Hall–Kier alpha value is -2.70. The molecule has 0 aromatic heterocycles. The summed E-state index contributed by atoms with van der Waals surface area (Å²) in [5.74, 6) is -0.705. The lowest BCUT2D eigenvalue weighted by molar-refractivity contribution is -0.138. The van der Waals surface area contributed by atoms with Gasteiger partial charge in [0.15, 0.2) is 13.2 Å². The van der Waals surface area contributed by atoms with E-state index in [1.807, 2.05) is 0 Å². The van der Waals surface area contributed by atoms with E-state index in [0.29, 0.717) is 52.6 Å². The maximum absolute atomic E-state index is 13.9. The molecule has 0 saturated carbocycles. The molecule has 0 radical (unpaired) electrons. The minimum atomic E-state index is -4.23. The van der Waals surface area contributed by atoms with Crippen LogP contribution in [-0.4, -0.2) is 139 Å². The van der Waals surface area contributed by atoms with Gasteiger partial charge in [-0.2, -0.15) is 8.61 Å². The molecule has 3 fully saturated rings. The highest BCUT2D eigenvalue weighted by molar-refractivity contribution is 7.89. The maximum Gasteiger partial charge on any atom is 0.260 e. The fraction of sp³-hybridized carbons (Fsp3) is 0.517. The van der Waals surface area contributed by atoms with Gasteiger partial charge < -0.3 is 28.7 Å². The van der Waals surface area contributed by atoms with E-state index in [1.165, 1.54) is 45.0 Å². The van der Waals surface area contributed by atoms with Crippen molar-refractivity contribution >= 4 is 55.1 Å². The van der Waals surface area contributed by atoms with Crippen LogP contribution in [0.3, 0.4) is 0 Å². The van der Waals surface area contributed by atoms with E-state index in [2.05, 4.69) is 0 Å². The molecule has 2 amide bonds. The fourth-order valence-electron chi connectivity index (χ4n) is 5.32. The van der Waals surface area contributed by atoms with Crippen LogP contribution in [0.15, 0.2) is 46.2 Å². The lowest BCUT2D eigenvalue weighted by atomic mass is 10.3. The quantitative estimate of drug-likeness (QED) is 0.352. The molecule has 0 spiro atoms. The van der Waals surface area contributed by atoms with Crippen LogP contribution in [0.25, 0.3) is 0 Å². The summed E-state index contributed by atoms with van der Waals surface area (Å²) in [6.45, 7) is 2.22. The van der Waals surface area contributed by atoms with Gasteiger partial charge >= 0.3 is 0 Å². The Morgan fingerprint density at radius 1 is 0.617 bits per heavy atom. The van der Waals surface area contributed by atoms with Crippen LogP contribution in [0.2, 0.25) is 10.0 Å². The van der Waals surface area contributed by atoms with Gasteiger partial charge in [-0.25, -0.2) is 16.8 Å². The number of nitrogens with zero attached hydrogens (tertiary/aromatic N) is 4. The third-order valence-corrected chi connectivity index (χ3v) is 12.2. The molecular formula is C29H36Cl2N4O10S2. The van der Waals surface area contributed by atoms with Gasteiger partial charge in [0.05, 0.1) is 26.4 Å². The first-order valence-electron chi connectivity index (χ1n) is 15.0. The Balaban J connectivity index is 1.29. The van der Waals surface area contributed by atoms with Crippen molar-refractivity contribution < 1.29 is 45.4 Å². The lowest BCUT2D eigenvalue weighted by Crippen LogP contribution is -2.43. The first-order chi connectivity index (χ1) is 22.5. The monoisotopic (exact) mass is 734 g/mol. The van der Waals surface area contributed by atoms with Crippen LogP contribution in [0.5, 0.6) is 11.5 Å². The van der Waals surface area contributed by atoms with Crippen molar-refractivity contribution in [3.8, 4) is 11.5 Å². The van der Waals surface area contributed by atoms with Crippen LogP contribution < -0.4 is 9.47 Å². The smallest absolute Gasteiger partial charge is 0.260 e. The lowest BCUT2D eigenvalue weighted by Gasteiger charge is -2.27. The van der Waals surface area contributed by atoms with Crippen molar-refractivity contribution in [2.24, 2.45) is 0 Å². The molecule has 0 atom stereocenters. The molecule has 3 heterocycles. The highest BCUT2D eigenvalue weighted by Crippen LogP contribution is 2.33. The first-order valence-corrected chi connectivity index (χ1v) is 18.7. The number of morpholine rings is 2. The number of halogens is 2. The van der Waals surface area contributed by atoms with Crippen molar-refractivity contribution in [3.63, 3.8) is 0 Å². The second kappa shape index (κ2) is 15.7. The van der Waals surface area contributed by atoms with E-state index in [9.17, 15) is 26.4 Å². The summed E-state index contributed by atoms with van der Waals surface area (Å²) in [6.07, 6.45) is 0.178. The van der Waals surface area contributed by atoms with Gasteiger partial charge in [-0.1, -0.05) is 23.2 Å². The zero-order valence-electron chi connectivity index (χ0n) is 25.5. The van der Waals surface area contributed by atoms with Crippen molar-refractivity contribution in [3.05, 3.63) is 46.4 Å². The third kappa shape index (κ3) is 8.67. The predicted octanol–water partition coefficient (Wildman–Crippen LogP) is 1.55. The van der Waals surface area contributed by atoms with Gasteiger partial charge in [-0.05, 0) is 42.8 Å². The Labute approximate surface area is 284 Å². The Bertz CT molecular complexity index is 1550. The van der Waals surface area contributed by atoms with Crippen LogP contribution >= 0.6 is 23.2 Å². The van der Waals surface area contributed by atoms with E-state index >= 15 is 0 Å². The molecule has 258 valence electrons. The molecule has 3 aliphatic rings. The van der Waals surface area contributed by atoms with Crippen molar-refractivity contribution in [1.82, 2.24) is 18.4 Å². The van der Waals surface area contributed by atoms with Gasteiger partial charge in [-0.15, -0.1) is 0 Å². The molecule has 3 saturated heterocycles. The molecular weight excluding hydrogens is 699 g/mol. The number of sulfonamides is 2. The van der Waals surface area contributed by atoms with Gasteiger partial charge in [-0.3, -0.25) is 9.59 Å². The minimum absolute atomic E-state index is 0.0139. The first kappa shape index (κ1) is 35.6. The second-order valence-electron chi connectivity index (χ2n) is 10.9. The molecule has 0 N–H and O–H groups in total. The van der Waals surface area contributed by atoms with E-state index < -0.39 is 20.0 Å². The second-order valence-corrected chi connectivity index (χ2v) is 15.6. The zero-order valence-corrected chi connectivity index (χ0v) is 28.7. The fourth-order valence-corrected chi connectivity index (χ4v) is 9.05. The predicted molar refractivity (Wildman–Crippen MR) is 171 cm³/mol. The molecule has 18 heteroatoms. The van der Waals surface area contributed by atoms with Gasteiger partial charge in [0.2, 0.25) is 20.0 Å². The van der Waals surface area contributed by atoms with Crippen molar-refractivity contribution in [1.29, 1.82) is 0 Å². The molecule has 3 aliphatic heterocycles. The van der Waals surface area contributed by atoms with E-state index in [0.717, 1.165) is 0 Å². The average molecular weight is 736 g/mol. The SMILES string of the molecule is O=C(COc1ccc(Cl)cc1S(=O)(=O)N1CCCN(S(=O)(=O)c2cc(Cl)ccc2OCC(=O)N2CCOCC2)CC1)N1CCOCC1. The van der Waals surface area contributed by atoms with E-state index in [4.69, 9.17) is 42.1 Å². The number of amides is 2. The number of hydrogen-bond donors (Lipinski definition) is 0.